The third-order valence-corrected chi connectivity index (χ3v) is 3.24. The second kappa shape index (κ2) is 5.48. The van der Waals surface area contributed by atoms with Gasteiger partial charge in [-0.2, -0.15) is 0 Å². The molecule has 6 heteroatoms. The van der Waals surface area contributed by atoms with Gasteiger partial charge in [0.1, 0.15) is 23.5 Å². The molecule has 0 spiro atoms. The second-order valence-corrected chi connectivity index (χ2v) is 4.46. The predicted molar refractivity (Wildman–Crippen MR) is 81.1 cm³/mol. The summed E-state index contributed by atoms with van der Waals surface area (Å²) in [6.45, 7) is 3.84. The van der Waals surface area contributed by atoms with Crippen LogP contribution in [0.1, 0.15) is 0 Å². The molecule has 0 aliphatic heterocycles. The Kier molecular flexibility index (Phi) is 3.50. The zero-order chi connectivity index (χ0) is 15.7. The maximum Gasteiger partial charge on any atom is 0.340 e. The minimum atomic E-state index is -0.558. The smallest absolute Gasteiger partial charge is 0.340 e. The third-order valence-electron chi connectivity index (χ3n) is 3.24. The van der Waals surface area contributed by atoms with Crippen LogP contribution in [0.15, 0.2) is 44.7 Å². The van der Waals surface area contributed by atoms with Crippen molar-refractivity contribution >= 4 is 21.9 Å². The molecule has 114 valence electrons. The zero-order valence-electron chi connectivity index (χ0n) is 12.2. The molecule has 3 rings (SSSR count). The van der Waals surface area contributed by atoms with Crippen LogP contribution in [0.2, 0.25) is 0 Å². The summed E-state index contributed by atoms with van der Waals surface area (Å²) in [5.74, 6) is 1.14. The van der Waals surface area contributed by atoms with E-state index in [0.29, 0.717) is 33.6 Å². The highest BCUT2D eigenvalue weighted by molar-refractivity contribution is 6.09. The van der Waals surface area contributed by atoms with E-state index in [1.165, 1.54) is 26.5 Å². The van der Waals surface area contributed by atoms with E-state index in [2.05, 4.69) is 6.58 Å². The Labute approximate surface area is 125 Å². The molecule has 0 atom stereocenters. The molecule has 0 saturated carbocycles. The molecule has 22 heavy (non-hydrogen) atoms. The molecule has 2 aromatic heterocycles. The highest BCUT2D eigenvalue weighted by atomic mass is 16.5. The summed E-state index contributed by atoms with van der Waals surface area (Å²) in [4.78, 5) is 11.8. The first-order valence-corrected chi connectivity index (χ1v) is 6.54. The van der Waals surface area contributed by atoms with E-state index in [-0.39, 0.29) is 12.2 Å². The SMILES string of the molecule is C=CCOc1cc(=O)oc2c(OC)c3occc3c(OC)c12. The van der Waals surface area contributed by atoms with E-state index in [1.54, 1.807) is 12.1 Å². The maximum atomic E-state index is 11.8. The molecule has 1 aromatic carbocycles. The van der Waals surface area contributed by atoms with Gasteiger partial charge in [-0.05, 0) is 6.07 Å². The molecule has 2 heterocycles. The van der Waals surface area contributed by atoms with Gasteiger partial charge in [0.05, 0.1) is 31.9 Å². The maximum absolute atomic E-state index is 11.8. The van der Waals surface area contributed by atoms with Crippen LogP contribution in [-0.4, -0.2) is 20.8 Å². The third kappa shape index (κ3) is 2.00. The molecule has 0 N–H and O–H groups in total. The van der Waals surface area contributed by atoms with Crippen molar-refractivity contribution in [2.24, 2.45) is 0 Å². The Balaban J connectivity index is 2.51. The largest absolute Gasteiger partial charge is 0.495 e. The molecule has 0 radical (unpaired) electrons. The van der Waals surface area contributed by atoms with Crippen molar-refractivity contribution in [3.63, 3.8) is 0 Å². The topological polar surface area (TPSA) is 71.0 Å². The number of fused-ring (bicyclic) bond motifs is 2. The number of hydrogen-bond donors (Lipinski definition) is 0. The van der Waals surface area contributed by atoms with Crippen molar-refractivity contribution in [3.8, 4) is 17.2 Å². The lowest BCUT2D eigenvalue weighted by atomic mass is 10.1. The molecule has 0 aliphatic carbocycles. The van der Waals surface area contributed by atoms with Gasteiger partial charge in [-0.3, -0.25) is 0 Å². The molecular formula is C16H14O6. The number of benzene rings is 1. The van der Waals surface area contributed by atoms with Crippen LogP contribution in [0.3, 0.4) is 0 Å². The predicted octanol–water partition coefficient (Wildman–Crippen LogP) is 3.12. The molecule has 3 aromatic rings. The highest BCUT2D eigenvalue weighted by Crippen LogP contribution is 2.45. The molecule has 0 unspecified atom stereocenters. The van der Waals surface area contributed by atoms with Crippen LogP contribution in [0, 0.1) is 0 Å². The van der Waals surface area contributed by atoms with Gasteiger partial charge in [-0.15, -0.1) is 0 Å². The lowest BCUT2D eigenvalue weighted by Crippen LogP contribution is -2.04. The van der Waals surface area contributed by atoms with Crippen LogP contribution in [0.4, 0.5) is 0 Å². The van der Waals surface area contributed by atoms with Gasteiger partial charge >= 0.3 is 5.63 Å². The summed E-state index contributed by atoms with van der Waals surface area (Å²) < 4.78 is 27.1. The van der Waals surface area contributed by atoms with Crippen molar-refractivity contribution < 1.29 is 23.0 Å². The lowest BCUT2D eigenvalue weighted by molar-refractivity contribution is 0.357. The van der Waals surface area contributed by atoms with Crippen molar-refractivity contribution in [2.45, 2.75) is 0 Å². The first-order chi connectivity index (χ1) is 10.7. The van der Waals surface area contributed by atoms with Gasteiger partial charge in [0.25, 0.3) is 0 Å². The average Bonchev–Trinajstić information content (AvgIpc) is 2.99. The Morgan fingerprint density at radius 3 is 2.68 bits per heavy atom. The van der Waals surface area contributed by atoms with E-state index in [0.717, 1.165) is 0 Å². The molecule has 0 fully saturated rings. The number of methoxy groups -OCH3 is 2. The normalized spacial score (nSPS) is 10.8. The van der Waals surface area contributed by atoms with E-state index < -0.39 is 5.63 Å². The zero-order valence-corrected chi connectivity index (χ0v) is 12.2. The van der Waals surface area contributed by atoms with Crippen molar-refractivity contribution in [1.82, 2.24) is 0 Å². The summed E-state index contributed by atoms with van der Waals surface area (Å²) in [5.41, 5.74) is 0.0991. The molecular weight excluding hydrogens is 288 g/mol. The van der Waals surface area contributed by atoms with Crippen LogP contribution in [-0.2, 0) is 0 Å². The number of furan rings is 1. The number of rotatable bonds is 5. The van der Waals surface area contributed by atoms with Crippen molar-refractivity contribution in [2.75, 3.05) is 20.8 Å². The lowest BCUT2D eigenvalue weighted by Gasteiger charge is -2.13. The number of hydrogen-bond acceptors (Lipinski definition) is 6. The fourth-order valence-corrected chi connectivity index (χ4v) is 2.41. The minimum absolute atomic E-state index is 0.216. The monoisotopic (exact) mass is 302 g/mol. The summed E-state index contributed by atoms with van der Waals surface area (Å²) in [7, 11) is 3.00. The van der Waals surface area contributed by atoms with Gasteiger partial charge < -0.3 is 23.0 Å². The van der Waals surface area contributed by atoms with Gasteiger partial charge in [0.2, 0.25) is 5.75 Å². The average molecular weight is 302 g/mol. The summed E-state index contributed by atoms with van der Waals surface area (Å²) >= 11 is 0. The van der Waals surface area contributed by atoms with Gasteiger partial charge in [0, 0.05) is 0 Å². The van der Waals surface area contributed by atoms with Crippen molar-refractivity contribution in [3.05, 3.63) is 41.5 Å². The molecule has 6 nitrogen and oxygen atoms in total. The Morgan fingerprint density at radius 1 is 1.23 bits per heavy atom. The minimum Gasteiger partial charge on any atom is -0.495 e. The molecule has 0 aliphatic rings. The fraction of sp³-hybridized carbons (Fsp3) is 0.188. The fourth-order valence-electron chi connectivity index (χ4n) is 2.41. The quantitative estimate of drug-likeness (QED) is 0.532. The molecule has 0 saturated heterocycles. The standard InChI is InChI=1S/C16H14O6/c1-4-6-20-10-8-11(17)22-15-12(10)13(18-2)9-5-7-21-14(9)16(15)19-3/h4-5,7-8H,1,6H2,2-3H3. The molecule has 0 amide bonds. The van der Waals surface area contributed by atoms with Gasteiger partial charge in [0.15, 0.2) is 11.2 Å². The first-order valence-electron chi connectivity index (χ1n) is 6.54. The summed E-state index contributed by atoms with van der Waals surface area (Å²) in [5, 5.41) is 1.21. The second-order valence-electron chi connectivity index (χ2n) is 4.46. The van der Waals surface area contributed by atoms with E-state index in [4.69, 9.17) is 23.0 Å². The highest BCUT2D eigenvalue weighted by Gasteiger charge is 2.23. The van der Waals surface area contributed by atoms with Crippen molar-refractivity contribution in [1.29, 1.82) is 0 Å². The van der Waals surface area contributed by atoms with Gasteiger partial charge in [-0.25, -0.2) is 4.79 Å². The van der Waals surface area contributed by atoms with Crippen LogP contribution in [0.5, 0.6) is 17.2 Å². The van der Waals surface area contributed by atoms with Gasteiger partial charge in [-0.1, -0.05) is 12.7 Å². The number of ether oxygens (including phenoxy) is 3. The Bertz CT molecular complexity index is 902. The Hall–Kier alpha value is -2.89. The van der Waals surface area contributed by atoms with E-state index in [9.17, 15) is 4.79 Å². The summed E-state index contributed by atoms with van der Waals surface area (Å²) in [6, 6.07) is 3.01. The molecule has 0 bridgehead atoms. The van der Waals surface area contributed by atoms with E-state index in [1.807, 2.05) is 0 Å². The van der Waals surface area contributed by atoms with E-state index >= 15 is 0 Å². The van der Waals surface area contributed by atoms with Crippen LogP contribution < -0.4 is 19.8 Å². The first kappa shape index (κ1) is 14.1. The van der Waals surface area contributed by atoms with Crippen LogP contribution >= 0.6 is 0 Å². The summed E-state index contributed by atoms with van der Waals surface area (Å²) in [6.07, 6.45) is 3.09. The Morgan fingerprint density at radius 2 is 2.00 bits per heavy atom. The van der Waals surface area contributed by atoms with Crippen LogP contribution in [0.25, 0.3) is 21.9 Å².